The molecule has 8 nitrogen and oxygen atoms in total. The molecule has 3 aromatic rings. The Morgan fingerprint density at radius 3 is 2.57 bits per heavy atom. The van der Waals surface area contributed by atoms with Gasteiger partial charge in [0.05, 0.1) is 19.0 Å². The third-order valence-electron chi connectivity index (χ3n) is 3.95. The van der Waals surface area contributed by atoms with E-state index in [9.17, 15) is 4.79 Å². The number of amides is 1. The number of carbonyl (C=O) groups is 1. The van der Waals surface area contributed by atoms with Crippen molar-refractivity contribution in [2.45, 2.75) is 6.92 Å². The predicted molar refractivity (Wildman–Crippen MR) is 103 cm³/mol. The first-order valence-corrected chi connectivity index (χ1v) is 8.74. The van der Waals surface area contributed by atoms with E-state index in [4.69, 9.17) is 14.2 Å². The molecule has 0 radical (unpaired) electrons. The van der Waals surface area contributed by atoms with Crippen LogP contribution in [0.1, 0.15) is 17.4 Å². The lowest BCUT2D eigenvalue weighted by Crippen LogP contribution is -2.14. The Labute approximate surface area is 161 Å². The molecule has 0 bridgehead atoms. The molecule has 0 saturated carbocycles. The molecule has 1 amide bonds. The topological polar surface area (TPSA) is 94.6 Å². The number of carbonyl (C=O) groups excluding carboxylic acids is 1. The van der Waals surface area contributed by atoms with E-state index in [0.717, 1.165) is 11.4 Å². The first-order chi connectivity index (χ1) is 13.7. The minimum absolute atomic E-state index is 0.182. The molecule has 2 heterocycles. The third kappa shape index (κ3) is 3.96. The van der Waals surface area contributed by atoms with Crippen LogP contribution in [0.2, 0.25) is 0 Å². The standard InChI is InChI=1S/C20H18N4O4/c1-2-26-15-6-3-13(4-7-15)23-19-11-21-16(10-22-19)20(25)24-14-5-8-17-18(9-14)28-12-27-17/h3-11H,2,12H2,1H3,(H,22,23)(H,24,25). The van der Waals surface area contributed by atoms with Crippen LogP contribution in [0.25, 0.3) is 0 Å². The summed E-state index contributed by atoms with van der Waals surface area (Å²) in [6.45, 7) is 2.74. The third-order valence-corrected chi connectivity index (χ3v) is 3.95. The molecular weight excluding hydrogens is 360 g/mol. The van der Waals surface area contributed by atoms with Crippen LogP contribution in [0, 0.1) is 0 Å². The average molecular weight is 378 g/mol. The van der Waals surface area contributed by atoms with Gasteiger partial charge in [0.15, 0.2) is 11.5 Å². The predicted octanol–water partition coefficient (Wildman–Crippen LogP) is 3.60. The summed E-state index contributed by atoms with van der Waals surface area (Å²) in [5.74, 6) is 2.22. The summed E-state index contributed by atoms with van der Waals surface area (Å²) in [7, 11) is 0. The minimum Gasteiger partial charge on any atom is -0.494 e. The second kappa shape index (κ2) is 7.83. The van der Waals surface area contributed by atoms with E-state index in [1.54, 1.807) is 18.2 Å². The Hall–Kier alpha value is -3.81. The van der Waals surface area contributed by atoms with E-state index in [1.165, 1.54) is 12.4 Å². The summed E-state index contributed by atoms with van der Waals surface area (Å²) in [5, 5.41) is 5.89. The number of rotatable bonds is 6. The Bertz CT molecular complexity index is 975. The van der Waals surface area contributed by atoms with Gasteiger partial charge in [0, 0.05) is 17.4 Å². The molecule has 4 rings (SSSR count). The molecule has 0 spiro atoms. The molecule has 0 saturated heterocycles. The van der Waals surface area contributed by atoms with Gasteiger partial charge in [0.2, 0.25) is 6.79 Å². The van der Waals surface area contributed by atoms with Crippen LogP contribution < -0.4 is 24.8 Å². The molecule has 1 aromatic heterocycles. The number of ether oxygens (including phenoxy) is 3. The number of nitrogens with zero attached hydrogens (tertiary/aromatic N) is 2. The summed E-state index contributed by atoms with van der Waals surface area (Å²) in [6.07, 6.45) is 2.92. The van der Waals surface area contributed by atoms with Gasteiger partial charge in [-0.2, -0.15) is 0 Å². The van der Waals surface area contributed by atoms with E-state index in [2.05, 4.69) is 20.6 Å². The maximum atomic E-state index is 12.4. The van der Waals surface area contributed by atoms with Gasteiger partial charge in [-0.15, -0.1) is 0 Å². The van der Waals surface area contributed by atoms with Gasteiger partial charge in [-0.1, -0.05) is 0 Å². The first kappa shape index (κ1) is 17.6. The van der Waals surface area contributed by atoms with E-state index >= 15 is 0 Å². The largest absolute Gasteiger partial charge is 0.494 e. The number of hydrogen-bond donors (Lipinski definition) is 2. The minimum atomic E-state index is -0.362. The Morgan fingerprint density at radius 2 is 1.82 bits per heavy atom. The highest BCUT2D eigenvalue weighted by molar-refractivity contribution is 6.02. The van der Waals surface area contributed by atoms with Crippen molar-refractivity contribution >= 4 is 23.1 Å². The SMILES string of the molecule is CCOc1ccc(Nc2cnc(C(=O)Nc3ccc4c(c3)OCO4)cn2)cc1. The molecule has 1 aliphatic rings. The maximum Gasteiger partial charge on any atom is 0.275 e. The molecule has 0 atom stereocenters. The monoisotopic (exact) mass is 378 g/mol. The summed E-state index contributed by atoms with van der Waals surface area (Å²) in [4.78, 5) is 20.8. The van der Waals surface area contributed by atoms with Crippen LogP contribution in [-0.2, 0) is 0 Å². The van der Waals surface area contributed by atoms with E-state index in [-0.39, 0.29) is 18.4 Å². The molecule has 2 N–H and O–H groups in total. The number of anilines is 3. The van der Waals surface area contributed by atoms with Crippen LogP contribution in [0.3, 0.4) is 0 Å². The van der Waals surface area contributed by atoms with Gasteiger partial charge in [-0.05, 0) is 43.3 Å². The lowest BCUT2D eigenvalue weighted by Gasteiger charge is -2.08. The normalized spacial score (nSPS) is 11.8. The fraction of sp³-hybridized carbons (Fsp3) is 0.150. The number of fused-ring (bicyclic) bond motifs is 1. The summed E-state index contributed by atoms with van der Waals surface area (Å²) in [6, 6.07) is 12.7. The summed E-state index contributed by atoms with van der Waals surface area (Å²) >= 11 is 0. The number of benzene rings is 2. The van der Waals surface area contributed by atoms with Crippen LogP contribution in [-0.4, -0.2) is 29.3 Å². The lowest BCUT2D eigenvalue weighted by molar-refractivity contribution is 0.102. The number of nitrogens with one attached hydrogen (secondary N) is 2. The average Bonchev–Trinajstić information content (AvgIpc) is 3.18. The highest BCUT2D eigenvalue weighted by Crippen LogP contribution is 2.34. The Morgan fingerprint density at radius 1 is 1.04 bits per heavy atom. The zero-order valence-corrected chi connectivity index (χ0v) is 15.1. The summed E-state index contributed by atoms with van der Waals surface area (Å²) in [5.41, 5.74) is 1.64. The van der Waals surface area contributed by atoms with Gasteiger partial charge < -0.3 is 24.8 Å². The number of hydrogen-bond acceptors (Lipinski definition) is 7. The second-order valence-electron chi connectivity index (χ2n) is 5.89. The Kier molecular flexibility index (Phi) is 4.92. The summed E-state index contributed by atoms with van der Waals surface area (Å²) < 4.78 is 16.0. The van der Waals surface area contributed by atoms with E-state index in [0.29, 0.717) is 29.6 Å². The van der Waals surface area contributed by atoms with Crippen LogP contribution in [0.15, 0.2) is 54.9 Å². The molecular formula is C20H18N4O4. The molecule has 1 aliphatic heterocycles. The van der Waals surface area contributed by atoms with Crippen LogP contribution in [0.5, 0.6) is 17.2 Å². The molecule has 2 aromatic carbocycles. The van der Waals surface area contributed by atoms with Crippen molar-refractivity contribution in [1.82, 2.24) is 9.97 Å². The highest BCUT2D eigenvalue weighted by Gasteiger charge is 2.15. The van der Waals surface area contributed by atoms with Gasteiger partial charge in [-0.25, -0.2) is 9.97 Å². The molecule has 142 valence electrons. The van der Waals surface area contributed by atoms with E-state index in [1.807, 2.05) is 31.2 Å². The second-order valence-corrected chi connectivity index (χ2v) is 5.89. The fourth-order valence-electron chi connectivity index (χ4n) is 2.63. The smallest absolute Gasteiger partial charge is 0.275 e. The van der Waals surface area contributed by atoms with Crippen LogP contribution >= 0.6 is 0 Å². The first-order valence-electron chi connectivity index (χ1n) is 8.74. The van der Waals surface area contributed by atoms with Gasteiger partial charge in [-0.3, -0.25) is 4.79 Å². The van der Waals surface area contributed by atoms with Crippen molar-refractivity contribution in [3.8, 4) is 17.2 Å². The van der Waals surface area contributed by atoms with Crippen molar-refractivity contribution in [1.29, 1.82) is 0 Å². The molecule has 0 fully saturated rings. The van der Waals surface area contributed by atoms with Crippen molar-refractivity contribution in [3.05, 3.63) is 60.6 Å². The van der Waals surface area contributed by atoms with Gasteiger partial charge >= 0.3 is 0 Å². The Balaban J connectivity index is 1.39. The molecule has 8 heteroatoms. The zero-order chi connectivity index (χ0) is 19.3. The van der Waals surface area contributed by atoms with E-state index < -0.39 is 0 Å². The van der Waals surface area contributed by atoms with Crippen LogP contribution in [0.4, 0.5) is 17.2 Å². The van der Waals surface area contributed by atoms with Crippen molar-refractivity contribution < 1.29 is 19.0 Å². The van der Waals surface area contributed by atoms with Crippen molar-refractivity contribution in [3.63, 3.8) is 0 Å². The van der Waals surface area contributed by atoms with Gasteiger partial charge in [0.1, 0.15) is 17.3 Å². The zero-order valence-electron chi connectivity index (χ0n) is 15.1. The highest BCUT2D eigenvalue weighted by atomic mass is 16.7. The van der Waals surface area contributed by atoms with Crippen molar-refractivity contribution in [2.75, 3.05) is 24.0 Å². The van der Waals surface area contributed by atoms with Crippen molar-refractivity contribution in [2.24, 2.45) is 0 Å². The van der Waals surface area contributed by atoms with Gasteiger partial charge in [0.25, 0.3) is 5.91 Å². The quantitative estimate of drug-likeness (QED) is 0.677. The lowest BCUT2D eigenvalue weighted by atomic mass is 10.2. The fourth-order valence-corrected chi connectivity index (χ4v) is 2.63. The maximum absolute atomic E-state index is 12.4. The molecule has 0 aliphatic carbocycles. The molecule has 28 heavy (non-hydrogen) atoms. The number of aromatic nitrogens is 2. The molecule has 0 unspecified atom stereocenters.